The molecule has 3 aromatic rings. The lowest BCUT2D eigenvalue weighted by Gasteiger charge is -2.37. The fourth-order valence-electron chi connectivity index (χ4n) is 4.70. The standard InChI is InChI=1S/C23H27N5O/c1-17(26-14-12-24-13-15-26)27-16-22(20-8-5-9-21-19(20)10-11-25-21)28(23(27)29)18-6-3-2-4-7-18/h2-11,17,22,24-25H,12-16H2,1H3. The average Bonchev–Trinajstić information content (AvgIpc) is 3.39. The van der Waals surface area contributed by atoms with Gasteiger partial charge in [-0.05, 0) is 36.8 Å². The predicted octanol–water partition coefficient (Wildman–Crippen LogP) is 3.40. The number of rotatable bonds is 4. The molecule has 29 heavy (non-hydrogen) atoms. The number of benzene rings is 2. The summed E-state index contributed by atoms with van der Waals surface area (Å²) in [6, 6.07) is 18.5. The molecule has 2 aromatic carbocycles. The van der Waals surface area contributed by atoms with Crippen molar-refractivity contribution in [3.8, 4) is 0 Å². The number of nitrogens with zero attached hydrogens (tertiary/aromatic N) is 3. The van der Waals surface area contributed by atoms with Crippen molar-refractivity contribution in [2.24, 2.45) is 0 Å². The number of carbonyl (C=O) groups is 1. The zero-order valence-electron chi connectivity index (χ0n) is 16.7. The lowest BCUT2D eigenvalue weighted by molar-refractivity contribution is 0.0797. The first-order valence-corrected chi connectivity index (χ1v) is 10.4. The second-order valence-electron chi connectivity index (χ2n) is 7.86. The van der Waals surface area contributed by atoms with Crippen molar-refractivity contribution in [2.45, 2.75) is 19.1 Å². The Morgan fingerprint density at radius 3 is 2.59 bits per heavy atom. The summed E-state index contributed by atoms with van der Waals surface area (Å²) in [5.41, 5.74) is 3.25. The third-order valence-corrected chi connectivity index (χ3v) is 6.29. The van der Waals surface area contributed by atoms with Gasteiger partial charge in [-0.1, -0.05) is 30.3 Å². The Bertz CT molecular complexity index is 995. The van der Waals surface area contributed by atoms with Gasteiger partial charge in [-0.15, -0.1) is 0 Å². The van der Waals surface area contributed by atoms with Crippen LogP contribution >= 0.6 is 0 Å². The minimum Gasteiger partial charge on any atom is -0.361 e. The summed E-state index contributed by atoms with van der Waals surface area (Å²) in [6.07, 6.45) is 2.05. The van der Waals surface area contributed by atoms with Crippen molar-refractivity contribution in [3.63, 3.8) is 0 Å². The summed E-state index contributed by atoms with van der Waals surface area (Å²) in [6.45, 7) is 6.72. The summed E-state index contributed by atoms with van der Waals surface area (Å²) in [7, 11) is 0. The molecule has 0 radical (unpaired) electrons. The average molecular weight is 390 g/mol. The van der Waals surface area contributed by atoms with Gasteiger partial charge in [0.1, 0.15) is 0 Å². The molecule has 2 saturated heterocycles. The van der Waals surface area contributed by atoms with Gasteiger partial charge in [0, 0.05) is 55.5 Å². The Kier molecular flexibility index (Phi) is 4.73. The van der Waals surface area contributed by atoms with Crippen molar-refractivity contribution in [2.75, 3.05) is 37.6 Å². The normalized spacial score (nSPS) is 21.8. The van der Waals surface area contributed by atoms with Crippen LogP contribution in [-0.2, 0) is 0 Å². The van der Waals surface area contributed by atoms with Crippen molar-refractivity contribution in [1.29, 1.82) is 0 Å². The van der Waals surface area contributed by atoms with Gasteiger partial charge in [0.15, 0.2) is 0 Å². The maximum Gasteiger partial charge on any atom is 0.326 e. The molecule has 2 amide bonds. The Labute approximate surface area is 171 Å². The van der Waals surface area contributed by atoms with E-state index in [0.29, 0.717) is 6.54 Å². The van der Waals surface area contributed by atoms with E-state index in [2.05, 4.69) is 46.4 Å². The zero-order valence-corrected chi connectivity index (χ0v) is 16.7. The second-order valence-corrected chi connectivity index (χ2v) is 7.86. The van der Waals surface area contributed by atoms with Crippen molar-refractivity contribution in [3.05, 3.63) is 66.4 Å². The number of aromatic nitrogens is 1. The summed E-state index contributed by atoms with van der Waals surface area (Å²) >= 11 is 0. The van der Waals surface area contributed by atoms with Crippen LogP contribution in [0.1, 0.15) is 18.5 Å². The topological polar surface area (TPSA) is 54.6 Å². The number of piperazine rings is 1. The number of aromatic amines is 1. The maximum absolute atomic E-state index is 13.6. The molecule has 0 bridgehead atoms. The van der Waals surface area contributed by atoms with Gasteiger partial charge in [-0.2, -0.15) is 0 Å². The predicted molar refractivity (Wildman–Crippen MR) is 116 cm³/mol. The van der Waals surface area contributed by atoms with Crippen molar-refractivity contribution < 1.29 is 4.79 Å². The molecule has 6 nitrogen and oxygen atoms in total. The molecule has 2 atom stereocenters. The van der Waals surface area contributed by atoms with Crippen LogP contribution in [0.2, 0.25) is 0 Å². The highest BCUT2D eigenvalue weighted by Crippen LogP contribution is 2.38. The highest BCUT2D eigenvalue weighted by atomic mass is 16.2. The number of fused-ring (bicyclic) bond motifs is 1. The molecule has 2 fully saturated rings. The molecule has 5 rings (SSSR count). The van der Waals surface area contributed by atoms with Crippen molar-refractivity contribution >= 4 is 22.6 Å². The number of nitrogens with one attached hydrogen (secondary N) is 2. The summed E-state index contributed by atoms with van der Waals surface area (Å²) in [4.78, 5) is 23.4. The third kappa shape index (κ3) is 3.18. The van der Waals surface area contributed by atoms with E-state index in [4.69, 9.17) is 0 Å². The highest BCUT2D eigenvalue weighted by Gasteiger charge is 2.43. The van der Waals surface area contributed by atoms with Crippen LogP contribution in [0.15, 0.2) is 60.8 Å². The van der Waals surface area contributed by atoms with Crippen LogP contribution in [0.4, 0.5) is 10.5 Å². The van der Waals surface area contributed by atoms with Crippen LogP contribution in [-0.4, -0.2) is 59.7 Å². The minimum atomic E-state index is -0.0187. The van der Waals surface area contributed by atoms with Gasteiger partial charge >= 0.3 is 6.03 Å². The van der Waals surface area contributed by atoms with Crippen LogP contribution in [0.3, 0.4) is 0 Å². The molecule has 2 aliphatic heterocycles. The van der Waals surface area contributed by atoms with Gasteiger partial charge < -0.3 is 15.2 Å². The SMILES string of the molecule is CC(N1CCNCC1)N1CC(c2cccc3[nH]ccc23)N(c2ccccc2)C1=O. The first-order valence-electron chi connectivity index (χ1n) is 10.4. The Hall–Kier alpha value is -2.83. The Morgan fingerprint density at radius 2 is 1.79 bits per heavy atom. The van der Waals surface area contributed by atoms with Gasteiger partial charge in [0.2, 0.25) is 0 Å². The molecule has 2 N–H and O–H groups in total. The lowest BCUT2D eigenvalue weighted by Crippen LogP contribution is -2.54. The zero-order chi connectivity index (χ0) is 19.8. The number of carbonyl (C=O) groups excluding carboxylic acids is 1. The Morgan fingerprint density at radius 1 is 1.00 bits per heavy atom. The molecule has 0 spiro atoms. The molecule has 150 valence electrons. The molecule has 1 aromatic heterocycles. The van der Waals surface area contributed by atoms with Gasteiger partial charge in [0.25, 0.3) is 0 Å². The number of hydrogen-bond donors (Lipinski definition) is 2. The van der Waals surface area contributed by atoms with E-state index in [1.54, 1.807) is 0 Å². The van der Waals surface area contributed by atoms with Gasteiger partial charge in [0.05, 0.1) is 12.2 Å². The van der Waals surface area contributed by atoms with Crippen LogP contribution < -0.4 is 10.2 Å². The molecule has 3 heterocycles. The first-order chi connectivity index (χ1) is 14.2. The molecular weight excluding hydrogens is 362 g/mol. The summed E-state index contributed by atoms with van der Waals surface area (Å²) < 4.78 is 0. The first kappa shape index (κ1) is 18.2. The van der Waals surface area contributed by atoms with Crippen molar-refractivity contribution in [1.82, 2.24) is 20.1 Å². The van der Waals surface area contributed by atoms with E-state index in [1.165, 1.54) is 10.9 Å². The van der Waals surface area contributed by atoms with Gasteiger partial charge in [-0.3, -0.25) is 9.80 Å². The number of amides is 2. The molecule has 2 aliphatic rings. The fourth-order valence-corrected chi connectivity index (χ4v) is 4.70. The van der Waals surface area contributed by atoms with E-state index >= 15 is 0 Å². The molecule has 2 unspecified atom stereocenters. The largest absolute Gasteiger partial charge is 0.361 e. The van der Waals surface area contributed by atoms with Crippen LogP contribution in [0.25, 0.3) is 10.9 Å². The highest BCUT2D eigenvalue weighted by molar-refractivity contribution is 5.97. The number of para-hydroxylation sites is 1. The number of anilines is 1. The smallest absolute Gasteiger partial charge is 0.326 e. The van der Waals surface area contributed by atoms with E-state index in [9.17, 15) is 4.79 Å². The summed E-state index contributed by atoms with van der Waals surface area (Å²) in [5.74, 6) is 0. The second kappa shape index (κ2) is 7.54. The maximum atomic E-state index is 13.6. The monoisotopic (exact) mass is 389 g/mol. The number of H-pyrrole nitrogens is 1. The molecule has 6 heteroatoms. The van der Waals surface area contributed by atoms with E-state index in [1.807, 2.05) is 46.3 Å². The molecular formula is C23H27N5O. The third-order valence-electron chi connectivity index (χ3n) is 6.29. The fraction of sp³-hybridized carbons (Fsp3) is 0.348. The minimum absolute atomic E-state index is 0.0187. The molecule has 0 aliphatic carbocycles. The number of urea groups is 1. The van der Waals surface area contributed by atoms with Crippen LogP contribution in [0, 0.1) is 0 Å². The van der Waals surface area contributed by atoms with Gasteiger partial charge in [-0.25, -0.2) is 4.79 Å². The molecule has 0 saturated carbocycles. The van der Waals surface area contributed by atoms with Crippen LogP contribution in [0.5, 0.6) is 0 Å². The van der Waals surface area contributed by atoms with E-state index < -0.39 is 0 Å². The van der Waals surface area contributed by atoms with E-state index in [0.717, 1.165) is 37.4 Å². The van der Waals surface area contributed by atoms with E-state index in [-0.39, 0.29) is 18.2 Å². The quantitative estimate of drug-likeness (QED) is 0.719. The Balaban J connectivity index is 1.54. The summed E-state index contributed by atoms with van der Waals surface area (Å²) in [5, 5.41) is 4.58. The number of hydrogen-bond acceptors (Lipinski definition) is 3. The lowest BCUT2D eigenvalue weighted by atomic mass is 10.0.